The predicted octanol–water partition coefficient (Wildman–Crippen LogP) is 7.03. The number of rotatable bonds is 11. The number of nitrogens with one attached hydrogen (secondary N) is 1. The van der Waals surface area contributed by atoms with Crippen LogP contribution < -0.4 is 14.8 Å². The molecule has 0 spiro atoms. The first-order valence-corrected chi connectivity index (χ1v) is 14.5. The number of nitrogens with zero attached hydrogens (tertiary/aromatic N) is 3. The first-order chi connectivity index (χ1) is 18.4. The first-order valence-electron chi connectivity index (χ1n) is 12.4. The Balaban J connectivity index is 1.75. The first kappa shape index (κ1) is 28.3. The van der Waals surface area contributed by atoms with Crippen LogP contribution in [0, 0.1) is 0 Å². The number of hydrogen-bond donors (Lipinski definition) is 1. The highest BCUT2D eigenvalue weighted by atomic mass is 79.9. The number of thioether (sulfide) groups is 1. The van der Waals surface area contributed by atoms with Crippen molar-refractivity contribution in [2.45, 2.75) is 50.6 Å². The van der Waals surface area contributed by atoms with E-state index < -0.39 is 12.0 Å². The zero-order valence-electron chi connectivity index (χ0n) is 21.7. The number of anilines is 1. The zero-order valence-corrected chi connectivity index (χ0v) is 24.9. The molecule has 1 aromatic heterocycles. The zero-order chi connectivity index (χ0) is 27.2. The molecule has 11 heteroatoms. The summed E-state index contributed by atoms with van der Waals surface area (Å²) >= 11 is 11.5. The van der Waals surface area contributed by atoms with Crippen molar-refractivity contribution < 1.29 is 19.0 Å². The lowest BCUT2D eigenvalue weighted by atomic mass is 9.95. The maximum Gasteiger partial charge on any atom is 0.338 e. The average Bonchev–Trinajstić information content (AvgIpc) is 3.30. The van der Waals surface area contributed by atoms with Crippen molar-refractivity contribution in [2.24, 2.45) is 0 Å². The fraction of sp³-hybridized carbons (Fsp3) is 0.370. The molecule has 1 N–H and O–H groups in total. The Morgan fingerprint density at radius 3 is 2.74 bits per heavy atom. The van der Waals surface area contributed by atoms with Crippen LogP contribution in [0.15, 0.2) is 57.3 Å². The Morgan fingerprint density at radius 1 is 1.24 bits per heavy atom. The van der Waals surface area contributed by atoms with Gasteiger partial charge < -0.3 is 19.5 Å². The van der Waals surface area contributed by atoms with Crippen molar-refractivity contribution in [2.75, 3.05) is 25.6 Å². The molecule has 4 rings (SSSR count). The van der Waals surface area contributed by atoms with Gasteiger partial charge in [-0.1, -0.05) is 54.9 Å². The smallest absolute Gasteiger partial charge is 0.338 e. The topological polar surface area (TPSA) is 87.5 Å². The molecule has 0 saturated carbocycles. The predicted molar refractivity (Wildman–Crippen MR) is 153 cm³/mol. The van der Waals surface area contributed by atoms with E-state index in [0.29, 0.717) is 57.9 Å². The Morgan fingerprint density at radius 2 is 2.03 bits per heavy atom. The minimum atomic E-state index is -0.596. The fourth-order valence-electron chi connectivity index (χ4n) is 4.10. The monoisotopic (exact) mass is 620 g/mol. The number of carbonyl (C=O) groups is 1. The van der Waals surface area contributed by atoms with Crippen molar-refractivity contribution in [3.05, 3.63) is 68.3 Å². The van der Waals surface area contributed by atoms with Crippen LogP contribution in [0.5, 0.6) is 11.5 Å². The quantitative estimate of drug-likeness (QED) is 0.139. The number of unbranched alkanes of at least 4 members (excludes halogenated alkanes) is 1. The summed E-state index contributed by atoms with van der Waals surface area (Å²) in [7, 11) is 1.37. The molecule has 8 nitrogen and oxygen atoms in total. The van der Waals surface area contributed by atoms with Gasteiger partial charge in [0.1, 0.15) is 6.04 Å². The molecule has 3 aromatic rings. The summed E-state index contributed by atoms with van der Waals surface area (Å²) in [4.78, 5) is 17.7. The number of allylic oxidation sites excluding steroid dienone is 1. The van der Waals surface area contributed by atoms with Crippen LogP contribution >= 0.6 is 39.3 Å². The van der Waals surface area contributed by atoms with Crippen molar-refractivity contribution in [1.29, 1.82) is 0 Å². The van der Waals surface area contributed by atoms with E-state index in [-0.39, 0.29) is 0 Å². The Labute approximate surface area is 240 Å². The molecule has 1 atom stereocenters. The van der Waals surface area contributed by atoms with E-state index in [9.17, 15) is 4.79 Å². The molecule has 202 valence electrons. The highest BCUT2D eigenvalue weighted by Crippen LogP contribution is 2.43. The number of hydrogen-bond acceptors (Lipinski definition) is 8. The van der Waals surface area contributed by atoms with Gasteiger partial charge >= 0.3 is 5.97 Å². The third kappa shape index (κ3) is 6.13. The minimum Gasteiger partial charge on any atom is -0.490 e. The van der Waals surface area contributed by atoms with Gasteiger partial charge in [-0.2, -0.15) is 4.98 Å². The largest absolute Gasteiger partial charge is 0.490 e. The molecule has 0 amide bonds. The third-order valence-corrected chi connectivity index (χ3v) is 7.79. The highest BCUT2D eigenvalue weighted by molar-refractivity contribution is 9.10. The summed E-state index contributed by atoms with van der Waals surface area (Å²) in [6.07, 6.45) is 1.95. The number of benzene rings is 2. The minimum absolute atomic E-state index is 0.432. The Kier molecular flexibility index (Phi) is 9.62. The van der Waals surface area contributed by atoms with Crippen LogP contribution in [0.3, 0.4) is 0 Å². The van der Waals surface area contributed by atoms with Crippen molar-refractivity contribution >= 4 is 51.2 Å². The van der Waals surface area contributed by atoms with Crippen molar-refractivity contribution in [3.8, 4) is 11.5 Å². The second-order valence-corrected chi connectivity index (χ2v) is 10.8. The van der Waals surface area contributed by atoms with Crippen LogP contribution in [0.4, 0.5) is 5.95 Å². The fourth-order valence-corrected chi connectivity index (χ4v) is 5.79. The van der Waals surface area contributed by atoms with Gasteiger partial charge in [0, 0.05) is 16.5 Å². The van der Waals surface area contributed by atoms with Crippen LogP contribution in [-0.2, 0) is 15.3 Å². The van der Waals surface area contributed by atoms with Gasteiger partial charge in [0.25, 0.3) is 0 Å². The van der Waals surface area contributed by atoms with Gasteiger partial charge in [0.05, 0.1) is 30.4 Å². The third-order valence-electron chi connectivity index (χ3n) is 5.94. The molecule has 1 aliphatic heterocycles. The van der Waals surface area contributed by atoms with E-state index in [4.69, 9.17) is 35.9 Å². The molecule has 0 radical (unpaired) electrons. The molecule has 0 bridgehead atoms. The van der Waals surface area contributed by atoms with E-state index in [1.54, 1.807) is 4.68 Å². The summed E-state index contributed by atoms with van der Waals surface area (Å²) in [6.45, 7) is 6.90. The molecule has 1 unspecified atom stereocenters. The van der Waals surface area contributed by atoms with Gasteiger partial charge in [-0.25, -0.2) is 9.48 Å². The number of halogens is 2. The number of carbonyl (C=O) groups excluding carboxylic acids is 1. The SMILES string of the molecule is CCCCOc1c(Br)cc(C2C(C(=O)OC)=C(C)Nc3nc(SCc4ccccc4Cl)nn32)cc1OCC. The maximum absolute atomic E-state index is 13.0. The summed E-state index contributed by atoms with van der Waals surface area (Å²) in [5.74, 6) is 1.90. The van der Waals surface area contributed by atoms with E-state index in [1.807, 2.05) is 50.2 Å². The molecule has 0 aliphatic carbocycles. The van der Waals surface area contributed by atoms with E-state index in [0.717, 1.165) is 28.4 Å². The lowest BCUT2D eigenvalue weighted by Gasteiger charge is -2.28. The Bertz CT molecular complexity index is 1350. The van der Waals surface area contributed by atoms with E-state index >= 15 is 0 Å². The molecule has 38 heavy (non-hydrogen) atoms. The summed E-state index contributed by atoms with van der Waals surface area (Å²) in [6, 6.07) is 10.9. The summed E-state index contributed by atoms with van der Waals surface area (Å²) in [5.41, 5.74) is 2.84. The van der Waals surface area contributed by atoms with Crippen LogP contribution in [-0.4, -0.2) is 41.1 Å². The summed E-state index contributed by atoms with van der Waals surface area (Å²) in [5, 5.41) is 9.24. The summed E-state index contributed by atoms with van der Waals surface area (Å²) < 4.78 is 19.6. The van der Waals surface area contributed by atoms with Crippen LogP contribution in [0.25, 0.3) is 0 Å². The second kappa shape index (κ2) is 12.9. The van der Waals surface area contributed by atoms with Crippen molar-refractivity contribution in [1.82, 2.24) is 14.8 Å². The maximum atomic E-state index is 13.0. The highest BCUT2D eigenvalue weighted by Gasteiger charge is 2.36. The number of ether oxygens (including phenoxy) is 3. The van der Waals surface area contributed by atoms with Gasteiger partial charge in [0.2, 0.25) is 11.1 Å². The molecular weight excluding hydrogens is 592 g/mol. The second-order valence-electron chi connectivity index (χ2n) is 8.57. The van der Waals surface area contributed by atoms with Gasteiger partial charge in [0.15, 0.2) is 11.5 Å². The number of aromatic nitrogens is 3. The molecule has 0 saturated heterocycles. The normalized spacial score (nSPS) is 14.6. The molecule has 1 aliphatic rings. The van der Waals surface area contributed by atoms with Gasteiger partial charge in [-0.3, -0.25) is 0 Å². The lowest BCUT2D eigenvalue weighted by Crippen LogP contribution is -2.29. The molecule has 2 aromatic carbocycles. The molecular formula is C27H30BrClN4O4S. The standard InChI is InChI=1S/C27H30BrClN4O4S/c1-5-7-12-37-24-19(28)13-18(14-21(24)36-6-2)23-22(25(34)35-4)16(3)30-26-31-27(32-33(23)26)38-15-17-10-8-9-11-20(17)29/h8-11,13-14,23H,5-7,12,15H2,1-4H3,(H,30,31,32). The van der Waals surface area contributed by atoms with Crippen molar-refractivity contribution in [3.63, 3.8) is 0 Å². The number of methoxy groups -OCH3 is 1. The number of fused-ring (bicyclic) bond motifs is 1. The molecule has 0 fully saturated rings. The van der Waals surface area contributed by atoms with E-state index in [2.05, 4.69) is 28.2 Å². The van der Waals surface area contributed by atoms with Gasteiger partial charge in [-0.15, -0.1) is 5.10 Å². The van der Waals surface area contributed by atoms with Gasteiger partial charge in [-0.05, 0) is 65.5 Å². The average molecular weight is 622 g/mol. The van der Waals surface area contributed by atoms with Crippen LogP contribution in [0.2, 0.25) is 5.02 Å². The van der Waals surface area contributed by atoms with Crippen LogP contribution in [0.1, 0.15) is 50.8 Å². The lowest BCUT2D eigenvalue weighted by molar-refractivity contribution is -0.136. The van der Waals surface area contributed by atoms with E-state index in [1.165, 1.54) is 18.9 Å². The molecule has 2 heterocycles. The Hall–Kier alpha value is -2.69. The number of esters is 1.